The van der Waals surface area contributed by atoms with Crippen LogP contribution in [0.4, 0.5) is 0 Å². The van der Waals surface area contributed by atoms with Crippen molar-refractivity contribution in [1.82, 2.24) is 10.2 Å². The first kappa shape index (κ1) is 12.2. The van der Waals surface area contributed by atoms with Gasteiger partial charge in [-0.15, -0.1) is 10.2 Å². The van der Waals surface area contributed by atoms with Gasteiger partial charge in [0.15, 0.2) is 0 Å². The van der Waals surface area contributed by atoms with Crippen LogP contribution in [0.5, 0.6) is 0 Å². The molecule has 0 fully saturated rings. The molecule has 17 heavy (non-hydrogen) atoms. The molecule has 2 aromatic rings. The number of nitrogens with zero attached hydrogens (tertiary/aromatic N) is 2. The number of hydrogen-bond donors (Lipinski definition) is 1. The molecule has 2 rings (SSSR count). The number of hydrogen-bond acceptors (Lipinski definition) is 4. The van der Waals surface area contributed by atoms with Crippen LogP contribution in [0.2, 0.25) is 0 Å². The molecule has 1 unspecified atom stereocenters. The van der Waals surface area contributed by atoms with E-state index < -0.39 is 0 Å². The van der Waals surface area contributed by atoms with Crippen LogP contribution in [0.15, 0.2) is 24.3 Å². The van der Waals surface area contributed by atoms with Crippen molar-refractivity contribution in [3.05, 3.63) is 34.8 Å². The summed E-state index contributed by atoms with van der Waals surface area (Å²) in [7, 11) is 0. The van der Waals surface area contributed by atoms with E-state index in [2.05, 4.69) is 48.3 Å². The van der Waals surface area contributed by atoms with Crippen molar-refractivity contribution < 1.29 is 0 Å². The smallest absolute Gasteiger partial charge is 0.147 e. The maximum Gasteiger partial charge on any atom is 0.147 e. The Kier molecular flexibility index (Phi) is 3.86. The Bertz CT molecular complexity index is 476. The topological polar surface area (TPSA) is 51.8 Å². The highest BCUT2D eigenvalue weighted by molar-refractivity contribution is 7.14. The molecular weight excluding hydrogens is 230 g/mol. The Morgan fingerprint density at radius 1 is 1.18 bits per heavy atom. The van der Waals surface area contributed by atoms with Crippen molar-refractivity contribution in [2.24, 2.45) is 5.73 Å². The number of aromatic nitrogens is 2. The lowest BCUT2D eigenvalue weighted by atomic mass is 10.1. The first-order chi connectivity index (χ1) is 8.24. The Labute approximate surface area is 106 Å². The fraction of sp³-hybridized carbons (Fsp3) is 0.385. The minimum Gasteiger partial charge on any atom is -0.322 e. The summed E-state index contributed by atoms with van der Waals surface area (Å²) in [5.74, 6) is 0. The van der Waals surface area contributed by atoms with E-state index in [9.17, 15) is 0 Å². The van der Waals surface area contributed by atoms with E-state index in [1.807, 2.05) is 0 Å². The molecule has 1 aromatic carbocycles. The Morgan fingerprint density at radius 2 is 1.88 bits per heavy atom. The average molecular weight is 247 g/mol. The van der Waals surface area contributed by atoms with Gasteiger partial charge in [0.2, 0.25) is 0 Å². The number of benzene rings is 1. The molecular formula is C13H17N3S. The molecule has 0 spiro atoms. The minimum atomic E-state index is 0.0103. The molecule has 4 heteroatoms. The lowest BCUT2D eigenvalue weighted by Crippen LogP contribution is -2.07. The van der Waals surface area contributed by atoms with Crippen molar-refractivity contribution in [3.63, 3.8) is 0 Å². The molecule has 1 aromatic heterocycles. The van der Waals surface area contributed by atoms with Crippen LogP contribution in [-0.2, 0) is 6.42 Å². The van der Waals surface area contributed by atoms with Crippen molar-refractivity contribution in [1.29, 1.82) is 0 Å². The fourth-order valence-corrected chi connectivity index (χ4v) is 2.49. The van der Waals surface area contributed by atoms with Crippen molar-refractivity contribution in [2.75, 3.05) is 0 Å². The predicted molar refractivity (Wildman–Crippen MR) is 71.9 cm³/mol. The predicted octanol–water partition coefficient (Wildman–Crippen LogP) is 3.18. The van der Waals surface area contributed by atoms with Gasteiger partial charge in [-0.05, 0) is 18.4 Å². The standard InChI is InChI=1S/C13H17N3S/c1-3-9-5-7-10(8-6-9)12-15-16-13(17-12)11(14)4-2/h5-8,11H,3-4,14H2,1-2H3. The van der Waals surface area contributed by atoms with Crippen molar-refractivity contribution in [3.8, 4) is 10.6 Å². The molecule has 1 heterocycles. The van der Waals surface area contributed by atoms with Crippen LogP contribution in [0.25, 0.3) is 10.6 Å². The normalized spacial score (nSPS) is 12.6. The molecule has 0 bridgehead atoms. The zero-order chi connectivity index (χ0) is 12.3. The molecule has 0 aliphatic carbocycles. The van der Waals surface area contributed by atoms with Gasteiger partial charge in [-0.3, -0.25) is 0 Å². The summed E-state index contributed by atoms with van der Waals surface area (Å²) in [6, 6.07) is 8.48. The molecule has 0 aliphatic heterocycles. The van der Waals surface area contributed by atoms with E-state index in [1.54, 1.807) is 11.3 Å². The first-order valence-electron chi connectivity index (χ1n) is 5.92. The molecule has 0 saturated carbocycles. The van der Waals surface area contributed by atoms with Gasteiger partial charge in [0.25, 0.3) is 0 Å². The highest BCUT2D eigenvalue weighted by Crippen LogP contribution is 2.27. The first-order valence-corrected chi connectivity index (χ1v) is 6.74. The third-order valence-corrected chi connectivity index (χ3v) is 3.91. The second-order valence-corrected chi connectivity index (χ2v) is 5.02. The van der Waals surface area contributed by atoms with Crippen molar-refractivity contribution >= 4 is 11.3 Å². The third kappa shape index (κ3) is 2.70. The lowest BCUT2D eigenvalue weighted by molar-refractivity contribution is 0.683. The zero-order valence-electron chi connectivity index (χ0n) is 10.2. The Hall–Kier alpha value is -1.26. The van der Waals surface area contributed by atoms with E-state index in [4.69, 9.17) is 5.73 Å². The minimum absolute atomic E-state index is 0.0103. The van der Waals surface area contributed by atoms with Gasteiger partial charge in [-0.25, -0.2) is 0 Å². The summed E-state index contributed by atoms with van der Waals surface area (Å²) < 4.78 is 0. The maximum atomic E-state index is 5.94. The van der Waals surface area contributed by atoms with Gasteiger partial charge in [-0.2, -0.15) is 0 Å². The summed E-state index contributed by atoms with van der Waals surface area (Å²) in [6.45, 7) is 4.21. The van der Waals surface area contributed by atoms with Gasteiger partial charge in [-0.1, -0.05) is 49.4 Å². The SMILES string of the molecule is CCc1ccc(-c2nnc(C(N)CC)s2)cc1. The molecule has 0 saturated heterocycles. The summed E-state index contributed by atoms with van der Waals surface area (Å²) in [4.78, 5) is 0. The fourth-order valence-electron chi connectivity index (χ4n) is 1.56. The summed E-state index contributed by atoms with van der Waals surface area (Å²) in [6.07, 6.45) is 1.95. The van der Waals surface area contributed by atoms with Crippen LogP contribution >= 0.6 is 11.3 Å². The molecule has 2 N–H and O–H groups in total. The van der Waals surface area contributed by atoms with E-state index in [0.717, 1.165) is 28.4 Å². The molecule has 90 valence electrons. The van der Waals surface area contributed by atoms with Gasteiger partial charge in [0, 0.05) is 5.56 Å². The van der Waals surface area contributed by atoms with Gasteiger partial charge in [0.1, 0.15) is 10.0 Å². The van der Waals surface area contributed by atoms with Crippen LogP contribution in [0.1, 0.15) is 36.9 Å². The van der Waals surface area contributed by atoms with Gasteiger partial charge in [0.05, 0.1) is 6.04 Å². The van der Waals surface area contributed by atoms with Gasteiger partial charge < -0.3 is 5.73 Å². The van der Waals surface area contributed by atoms with E-state index in [-0.39, 0.29) is 6.04 Å². The van der Waals surface area contributed by atoms with Crippen LogP contribution in [0.3, 0.4) is 0 Å². The van der Waals surface area contributed by atoms with Crippen LogP contribution in [0, 0.1) is 0 Å². The van der Waals surface area contributed by atoms with E-state index >= 15 is 0 Å². The second kappa shape index (κ2) is 5.38. The Balaban J connectivity index is 2.24. The van der Waals surface area contributed by atoms with Crippen LogP contribution < -0.4 is 5.73 Å². The molecule has 3 nitrogen and oxygen atoms in total. The second-order valence-electron chi connectivity index (χ2n) is 4.01. The monoisotopic (exact) mass is 247 g/mol. The van der Waals surface area contributed by atoms with E-state index in [1.165, 1.54) is 5.56 Å². The van der Waals surface area contributed by atoms with Crippen molar-refractivity contribution in [2.45, 2.75) is 32.7 Å². The molecule has 0 amide bonds. The lowest BCUT2D eigenvalue weighted by Gasteiger charge is -2.01. The molecule has 0 aliphatic rings. The van der Waals surface area contributed by atoms with E-state index in [0.29, 0.717) is 0 Å². The summed E-state index contributed by atoms with van der Waals surface area (Å²) >= 11 is 1.58. The molecule has 1 atom stereocenters. The summed E-state index contributed by atoms with van der Waals surface area (Å²) in [5, 5.41) is 10.2. The Morgan fingerprint density at radius 3 is 2.47 bits per heavy atom. The third-order valence-electron chi connectivity index (χ3n) is 2.81. The summed E-state index contributed by atoms with van der Waals surface area (Å²) in [5.41, 5.74) is 8.40. The average Bonchev–Trinajstić information content (AvgIpc) is 2.87. The highest BCUT2D eigenvalue weighted by atomic mass is 32.1. The number of aryl methyl sites for hydroxylation is 1. The number of rotatable bonds is 4. The highest BCUT2D eigenvalue weighted by Gasteiger charge is 2.11. The number of nitrogens with two attached hydrogens (primary N) is 1. The van der Waals surface area contributed by atoms with Crippen LogP contribution in [-0.4, -0.2) is 10.2 Å². The quantitative estimate of drug-likeness (QED) is 0.902. The largest absolute Gasteiger partial charge is 0.322 e. The zero-order valence-corrected chi connectivity index (χ0v) is 11.0. The maximum absolute atomic E-state index is 5.94. The van der Waals surface area contributed by atoms with Gasteiger partial charge >= 0.3 is 0 Å². The molecule has 0 radical (unpaired) electrons.